The van der Waals surface area contributed by atoms with Crippen LogP contribution < -0.4 is 5.32 Å². The van der Waals surface area contributed by atoms with Crippen molar-refractivity contribution in [3.8, 4) is 6.07 Å². The lowest BCUT2D eigenvalue weighted by Crippen LogP contribution is -1.94. The lowest BCUT2D eigenvalue weighted by molar-refractivity contribution is 1.16. The van der Waals surface area contributed by atoms with Crippen LogP contribution in [0.3, 0.4) is 0 Å². The highest BCUT2D eigenvalue weighted by atomic mass is 32.1. The second kappa shape index (κ2) is 4.02. The highest BCUT2D eigenvalue weighted by Crippen LogP contribution is 2.19. The molecule has 0 aromatic carbocycles. The molecular weight excluding hydrogens is 210 g/mol. The van der Waals surface area contributed by atoms with Crippen molar-refractivity contribution in [1.29, 1.82) is 5.26 Å². The predicted molar refractivity (Wildman–Crippen MR) is 56.9 cm³/mol. The first-order valence-corrected chi connectivity index (χ1v) is 5.01. The van der Waals surface area contributed by atoms with E-state index in [2.05, 4.69) is 20.3 Å². The Morgan fingerprint density at radius 3 is 2.67 bits per heavy atom. The number of nitrogens with one attached hydrogen (secondary N) is 1. The van der Waals surface area contributed by atoms with E-state index < -0.39 is 0 Å². The molecule has 0 aliphatic heterocycles. The van der Waals surface area contributed by atoms with Gasteiger partial charge in [0.2, 0.25) is 0 Å². The smallest absolute Gasteiger partial charge is 0.188 e. The van der Waals surface area contributed by atoms with Crippen molar-refractivity contribution < 1.29 is 0 Å². The van der Waals surface area contributed by atoms with E-state index in [1.165, 1.54) is 23.7 Å². The number of hydrogen-bond donors (Lipinski definition) is 1. The number of aryl methyl sites for hydroxylation is 1. The maximum atomic E-state index is 8.54. The molecule has 2 rings (SSSR count). The van der Waals surface area contributed by atoms with Crippen molar-refractivity contribution in [2.75, 3.05) is 5.32 Å². The zero-order valence-corrected chi connectivity index (χ0v) is 8.75. The maximum absolute atomic E-state index is 8.54. The van der Waals surface area contributed by atoms with Crippen LogP contribution in [0.25, 0.3) is 0 Å². The second-order valence-corrected chi connectivity index (χ2v) is 4.03. The summed E-state index contributed by atoms with van der Waals surface area (Å²) >= 11 is 1.54. The van der Waals surface area contributed by atoms with Crippen molar-refractivity contribution in [2.24, 2.45) is 0 Å². The van der Waals surface area contributed by atoms with Crippen molar-refractivity contribution in [3.05, 3.63) is 29.2 Å². The van der Waals surface area contributed by atoms with Crippen molar-refractivity contribution in [2.45, 2.75) is 6.92 Å². The van der Waals surface area contributed by atoms with Gasteiger partial charge in [-0.15, -0.1) is 11.3 Å². The number of rotatable bonds is 2. The molecule has 0 radical (unpaired) electrons. The first kappa shape index (κ1) is 9.55. The van der Waals surface area contributed by atoms with Crippen LogP contribution in [0, 0.1) is 18.3 Å². The standard InChI is InChI=1S/C9H7N5S/c1-6-3-13-9(15-6)14-8-5-11-7(2-10)4-12-8/h3-5H,1H3,(H,12,13,14). The van der Waals surface area contributed by atoms with E-state index in [4.69, 9.17) is 5.26 Å². The van der Waals surface area contributed by atoms with Gasteiger partial charge in [-0.2, -0.15) is 5.26 Å². The molecule has 1 N–H and O–H groups in total. The normalized spacial score (nSPS) is 9.60. The molecule has 74 valence electrons. The molecule has 0 fully saturated rings. The Morgan fingerprint density at radius 2 is 2.13 bits per heavy atom. The molecule has 0 atom stereocenters. The lowest BCUT2D eigenvalue weighted by atomic mass is 10.5. The molecule has 0 aliphatic rings. The van der Waals surface area contributed by atoms with Crippen LogP contribution in [0.5, 0.6) is 0 Å². The van der Waals surface area contributed by atoms with Crippen LogP contribution in [0.15, 0.2) is 18.6 Å². The van der Waals surface area contributed by atoms with Crippen LogP contribution in [0.1, 0.15) is 10.6 Å². The van der Waals surface area contributed by atoms with Crippen molar-refractivity contribution in [1.82, 2.24) is 15.0 Å². The molecular formula is C9H7N5S. The van der Waals surface area contributed by atoms with Crippen LogP contribution >= 0.6 is 11.3 Å². The molecule has 2 aromatic rings. The van der Waals surface area contributed by atoms with E-state index >= 15 is 0 Å². The van der Waals surface area contributed by atoms with Crippen molar-refractivity contribution in [3.63, 3.8) is 0 Å². The minimum Gasteiger partial charge on any atom is -0.315 e. The third kappa shape index (κ3) is 2.27. The fourth-order valence-electron chi connectivity index (χ4n) is 0.972. The van der Waals surface area contributed by atoms with E-state index in [9.17, 15) is 0 Å². The summed E-state index contributed by atoms with van der Waals surface area (Å²) in [6.07, 6.45) is 4.71. The number of nitrogens with zero attached hydrogens (tertiary/aromatic N) is 4. The van der Waals surface area contributed by atoms with Gasteiger partial charge in [0, 0.05) is 11.1 Å². The van der Waals surface area contributed by atoms with Gasteiger partial charge in [-0.1, -0.05) is 0 Å². The summed E-state index contributed by atoms with van der Waals surface area (Å²) in [5.41, 5.74) is 0.302. The zero-order chi connectivity index (χ0) is 10.7. The number of thiazole rings is 1. The van der Waals surface area contributed by atoms with E-state index in [0.29, 0.717) is 11.5 Å². The molecule has 0 amide bonds. The largest absolute Gasteiger partial charge is 0.315 e. The molecule has 6 heteroatoms. The fourth-order valence-corrected chi connectivity index (χ4v) is 1.64. The van der Waals surface area contributed by atoms with E-state index in [-0.39, 0.29) is 0 Å². The Bertz CT molecular complexity index is 496. The lowest BCUT2D eigenvalue weighted by Gasteiger charge is -1.99. The average molecular weight is 217 g/mol. The summed E-state index contributed by atoms with van der Waals surface area (Å²) in [6, 6.07) is 1.91. The van der Waals surface area contributed by atoms with E-state index in [1.807, 2.05) is 13.0 Å². The highest BCUT2D eigenvalue weighted by molar-refractivity contribution is 7.15. The molecule has 15 heavy (non-hydrogen) atoms. The van der Waals surface area contributed by atoms with Gasteiger partial charge in [0.05, 0.1) is 12.4 Å². The zero-order valence-electron chi connectivity index (χ0n) is 7.93. The van der Waals surface area contributed by atoms with Crippen molar-refractivity contribution >= 4 is 22.3 Å². The monoisotopic (exact) mass is 217 g/mol. The van der Waals surface area contributed by atoms with Gasteiger partial charge in [0.1, 0.15) is 6.07 Å². The van der Waals surface area contributed by atoms with Gasteiger partial charge < -0.3 is 5.32 Å². The Hall–Kier alpha value is -2.00. The molecule has 5 nitrogen and oxygen atoms in total. The highest BCUT2D eigenvalue weighted by Gasteiger charge is 2.00. The summed E-state index contributed by atoms with van der Waals surface area (Å²) in [4.78, 5) is 13.2. The summed E-state index contributed by atoms with van der Waals surface area (Å²) in [6.45, 7) is 1.98. The SMILES string of the molecule is Cc1cnc(Nc2cnc(C#N)cn2)s1. The Balaban J connectivity index is 2.15. The van der Waals surface area contributed by atoms with E-state index in [0.717, 1.165) is 10.0 Å². The van der Waals surface area contributed by atoms with Crippen LogP contribution in [0.2, 0.25) is 0 Å². The third-order valence-electron chi connectivity index (χ3n) is 1.62. The number of aromatic nitrogens is 3. The first-order chi connectivity index (χ1) is 7.28. The van der Waals surface area contributed by atoms with Crippen LogP contribution in [-0.2, 0) is 0 Å². The quantitative estimate of drug-likeness (QED) is 0.831. The maximum Gasteiger partial charge on any atom is 0.188 e. The van der Waals surface area contributed by atoms with E-state index in [1.54, 1.807) is 6.20 Å². The molecule has 2 heterocycles. The van der Waals surface area contributed by atoms with Gasteiger partial charge in [0.25, 0.3) is 0 Å². The molecule has 0 unspecified atom stereocenters. The molecule has 0 saturated carbocycles. The van der Waals surface area contributed by atoms with Crippen LogP contribution in [0.4, 0.5) is 10.9 Å². The fraction of sp³-hybridized carbons (Fsp3) is 0.111. The molecule has 0 aliphatic carbocycles. The summed E-state index contributed by atoms with van der Waals surface area (Å²) < 4.78 is 0. The van der Waals surface area contributed by atoms with Gasteiger partial charge >= 0.3 is 0 Å². The van der Waals surface area contributed by atoms with Gasteiger partial charge in [-0.05, 0) is 6.92 Å². The Labute approximate surface area is 90.5 Å². The predicted octanol–water partition coefficient (Wildman–Crippen LogP) is 1.86. The third-order valence-corrected chi connectivity index (χ3v) is 2.45. The Kier molecular flexibility index (Phi) is 2.56. The first-order valence-electron chi connectivity index (χ1n) is 4.19. The molecule has 0 bridgehead atoms. The summed E-state index contributed by atoms with van der Waals surface area (Å²) in [7, 11) is 0. The molecule has 0 spiro atoms. The molecule has 2 aromatic heterocycles. The minimum absolute atomic E-state index is 0.302. The second-order valence-electron chi connectivity index (χ2n) is 2.80. The van der Waals surface area contributed by atoms with Gasteiger partial charge in [-0.25, -0.2) is 15.0 Å². The number of anilines is 2. The van der Waals surface area contributed by atoms with Crippen LogP contribution in [-0.4, -0.2) is 15.0 Å². The number of nitriles is 1. The minimum atomic E-state index is 0.302. The average Bonchev–Trinajstić information content (AvgIpc) is 2.65. The van der Waals surface area contributed by atoms with Gasteiger partial charge in [-0.3, -0.25) is 0 Å². The molecule has 0 saturated heterocycles. The Morgan fingerprint density at radius 1 is 1.27 bits per heavy atom. The number of hydrogen-bond acceptors (Lipinski definition) is 6. The topological polar surface area (TPSA) is 74.5 Å². The summed E-state index contributed by atoms with van der Waals surface area (Å²) in [5, 5.41) is 12.3. The summed E-state index contributed by atoms with van der Waals surface area (Å²) in [5.74, 6) is 0.586. The van der Waals surface area contributed by atoms with Gasteiger partial charge in [0.15, 0.2) is 16.6 Å².